The summed E-state index contributed by atoms with van der Waals surface area (Å²) in [4.78, 5) is 27.8. The molecule has 0 atom stereocenters. The zero-order valence-electron chi connectivity index (χ0n) is 14.5. The van der Waals surface area contributed by atoms with Crippen molar-refractivity contribution < 1.29 is 9.72 Å². The van der Waals surface area contributed by atoms with Crippen LogP contribution < -0.4 is 0 Å². The molecule has 0 bridgehead atoms. The highest BCUT2D eigenvalue weighted by molar-refractivity contribution is 7.21. The van der Waals surface area contributed by atoms with E-state index in [1.54, 1.807) is 35.6 Å². The molecule has 0 aliphatic carbocycles. The number of nitrogens with zero attached hydrogens (tertiary/aromatic N) is 2. The van der Waals surface area contributed by atoms with E-state index in [9.17, 15) is 14.9 Å². The number of thiazole rings is 1. The third-order valence-electron chi connectivity index (χ3n) is 4.32. The zero-order valence-corrected chi connectivity index (χ0v) is 16.0. The highest BCUT2D eigenvalue weighted by atomic mass is 35.5. The molecule has 0 saturated heterocycles. The van der Waals surface area contributed by atoms with Crippen molar-refractivity contribution in [2.24, 2.45) is 0 Å². The first-order valence-corrected chi connectivity index (χ1v) is 9.63. The second-order valence-corrected chi connectivity index (χ2v) is 7.61. The molecule has 0 fully saturated rings. The Morgan fingerprint density at radius 3 is 2.57 bits per heavy atom. The number of nitro groups is 1. The van der Waals surface area contributed by atoms with Gasteiger partial charge in [-0.2, -0.15) is 0 Å². The summed E-state index contributed by atoms with van der Waals surface area (Å²) in [6.07, 6.45) is 0.0324. The predicted octanol–water partition coefficient (Wildman–Crippen LogP) is 5.95. The monoisotopic (exact) mass is 408 g/mol. The first-order valence-electron chi connectivity index (χ1n) is 8.44. The zero-order chi connectivity index (χ0) is 19.7. The molecule has 138 valence electrons. The van der Waals surface area contributed by atoms with Crippen molar-refractivity contribution in [3.63, 3.8) is 0 Å². The number of hydrogen-bond donors (Lipinski definition) is 0. The summed E-state index contributed by atoms with van der Waals surface area (Å²) >= 11 is 8.00. The molecular formula is C21H13ClN2O3S. The number of carbonyl (C=O) groups is 1. The molecular weight excluding hydrogens is 396 g/mol. The average molecular weight is 409 g/mol. The van der Waals surface area contributed by atoms with Gasteiger partial charge in [-0.05, 0) is 29.8 Å². The maximum absolute atomic E-state index is 12.6. The number of nitro benzene ring substituents is 1. The molecule has 0 aliphatic rings. The number of halogens is 1. The standard InChI is InChI=1S/C21H13ClN2O3S/c22-16-11-13(12-19(25)15-5-1-3-7-18(15)24(26)27)9-10-14(16)21-23-17-6-2-4-8-20(17)28-21/h1-11H,12H2. The van der Waals surface area contributed by atoms with Crippen LogP contribution in [0.25, 0.3) is 20.8 Å². The van der Waals surface area contributed by atoms with Crippen LogP contribution >= 0.6 is 22.9 Å². The van der Waals surface area contributed by atoms with Crippen LogP contribution in [0.2, 0.25) is 5.02 Å². The smallest absolute Gasteiger partial charge is 0.280 e. The number of ketones is 1. The molecule has 7 heteroatoms. The van der Waals surface area contributed by atoms with E-state index in [2.05, 4.69) is 4.98 Å². The fourth-order valence-electron chi connectivity index (χ4n) is 2.98. The molecule has 0 saturated carbocycles. The quantitative estimate of drug-likeness (QED) is 0.232. The Kier molecular flexibility index (Phi) is 4.90. The molecule has 5 nitrogen and oxygen atoms in total. The number of hydrogen-bond acceptors (Lipinski definition) is 5. The normalized spacial score (nSPS) is 10.9. The van der Waals surface area contributed by atoms with Crippen LogP contribution in [0.3, 0.4) is 0 Å². The lowest BCUT2D eigenvalue weighted by atomic mass is 10.0. The van der Waals surface area contributed by atoms with Gasteiger partial charge in [0.25, 0.3) is 5.69 Å². The molecule has 1 aromatic heterocycles. The van der Waals surface area contributed by atoms with Crippen LogP contribution in [-0.4, -0.2) is 15.7 Å². The molecule has 28 heavy (non-hydrogen) atoms. The second-order valence-electron chi connectivity index (χ2n) is 6.18. The first-order chi connectivity index (χ1) is 13.5. The SMILES string of the molecule is O=C(Cc1ccc(-c2nc3ccccc3s2)c(Cl)c1)c1ccccc1[N+](=O)[O-]. The van der Waals surface area contributed by atoms with E-state index in [1.807, 2.05) is 30.3 Å². The minimum absolute atomic E-state index is 0.0324. The van der Waals surface area contributed by atoms with E-state index < -0.39 is 4.92 Å². The van der Waals surface area contributed by atoms with Gasteiger partial charge >= 0.3 is 0 Å². The van der Waals surface area contributed by atoms with Crippen LogP contribution in [-0.2, 0) is 6.42 Å². The van der Waals surface area contributed by atoms with Crippen LogP contribution in [0.4, 0.5) is 5.69 Å². The van der Waals surface area contributed by atoms with Crippen molar-refractivity contribution in [3.05, 3.63) is 93.0 Å². The summed E-state index contributed by atoms with van der Waals surface area (Å²) in [6, 6.07) is 19.2. The van der Waals surface area contributed by atoms with Gasteiger partial charge in [-0.15, -0.1) is 11.3 Å². The lowest BCUT2D eigenvalue weighted by molar-refractivity contribution is -0.385. The lowest BCUT2D eigenvalue weighted by Crippen LogP contribution is -2.07. The molecule has 1 heterocycles. The van der Waals surface area contributed by atoms with E-state index in [4.69, 9.17) is 11.6 Å². The summed E-state index contributed by atoms with van der Waals surface area (Å²) < 4.78 is 1.07. The first kappa shape index (κ1) is 18.3. The summed E-state index contributed by atoms with van der Waals surface area (Å²) in [5, 5.41) is 12.4. The van der Waals surface area contributed by atoms with Crippen LogP contribution in [0.1, 0.15) is 15.9 Å². The van der Waals surface area contributed by atoms with Gasteiger partial charge in [0.05, 0.1) is 25.7 Å². The third kappa shape index (κ3) is 3.52. The van der Waals surface area contributed by atoms with E-state index in [1.165, 1.54) is 12.1 Å². The average Bonchev–Trinajstić information content (AvgIpc) is 3.11. The van der Waals surface area contributed by atoms with Crippen LogP contribution in [0.15, 0.2) is 66.7 Å². The molecule has 0 unspecified atom stereocenters. The largest absolute Gasteiger partial charge is 0.294 e. The number of fused-ring (bicyclic) bond motifs is 1. The molecule has 0 spiro atoms. The van der Waals surface area contributed by atoms with Gasteiger partial charge in [-0.3, -0.25) is 14.9 Å². The fraction of sp³-hybridized carbons (Fsp3) is 0.0476. The minimum atomic E-state index is -0.545. The van der Waals surface area contributed by atoms with Gasteiger partial charge in [0, 0.05) is 18.1 Å². The summed E-state index contributed by atoms with van der Waals surface area (Å²) in [6.45, 7) is 0. The Hall–Kier alpha value is -3.09. The number of Topliss-reactive ketones (excluding diaryl/α,β-unsaturated/α-hetero) is 1. The molecule has 0 amide bonds. The molecule has 4 rings (SSSR count). The summed E-state index contributed by atoms with van der Waals surface area (Å²) in [7, 11) is 0. The highest BCUT2D eigenvalue weighted by Crippen LogP contribution is 2.35. The van der Waals surface area contributed by atoms with Crippen molar-refractivity contribution >= 4 is 44.6 Å². The van der Waals surface area contributed by atoms with E-state index in [0.717, 1.165) is 20.8 Å². The van der Waals surface area contributed by atoms with Crippen LogP contribution in [0, 0.1) is 10.1 Å². The highest BCUT2D eigenvalue weighted by Gasteiger charge is 2.20. The molecule has 0 aliphatic heterocycles. The van der Waals surface area contributed by atoms with E-state index in [-0.39, 0.29) is 23.5 Å². The number of carbonyl (C=O) groups excluding carboxylic acids is 1. The van der Waals surface area contributed by atoms with Gasteiger partial charge in [0.15, 0.2) is 5.78 Å². The minimum Gasteiger partial charge on any atom is -0.294 e. The Morgan fingerprint density at radius 2 is 1.82 bits per heavy atom. The molecule has 0 radical (unpaired) electrons. The fourth-order valence-corrected chi connectivity index (χ4v) is 4.33. The number of rotatable bonds is 5. The number of benzene rings is 3. The van der Waals surface area contributed by atoms with Crippen molar-refractivity contribution in [3.8, 4) is 10.6 Å². The van der Waals surface area contributed by atoms with Crippen molar-refractivity contribution in [2.45, 2.75) is 6.42 Å². The van der Waals surface area contributed by atoms with E-state index >= 15 is 0 Å². The third-order valence-corrected chi connectivity index (χ3v) is 5.71. The maximum atomic E-state index is 12.6. The lowest BCUT2D eigenvalue weighted by Gasteiger charge is -2.06. The van der Waals surface area contributed by atoms with Crippen molar-refractivity contribution in [2.75, 3.05) is 0 Å². The van der Waals surface area contributed by atoms with Gasteiger partial charge in [-0.1, -0.05) is 48.0 Å². The Bertz CT molecular complexity index is 1190. The summed E-state index contributed by atoms with van der Waals surface area (Å²) in [5.74, 6) is -0.323. The Labute approximate surface area is 169 Å². The second kappa shape index (κ2) is 7.50. The predicted molar refractivity (Wildman–Crippen MR) is 111 cm³/mol. The van der Waals surface area contributed by atoms with Gasteiger partial charge in [0.2, 0.25) is 0 Å². The number of para-hydroxylation sites is 2. The molecule has 3 aromatic carbocycles. The summed E-state index contributed by atoms with van der Waals surface area (Å²) in [5.41, 5.74) is 2.31. The Morgan fingerprint density at radius 1 is 1.07 bits per heavy atom. The van der Waals surface area contributed by atoms with Crippen molar-refractivity contribution in [1.82, 2.24) is 4.98 Å². The topological polar surface area (TPSA) is 73.1 Å². The number of aromatic nitrogens is 1. The molecule has 4 aromatic rings. The van der Waals surface area contributed by atoms with E-state index in [0.29, 0.717) is 10.6 Å². The van der Waals surface area contributed by atoms with Gasteiger partial charge in [-0.25, -0.2) is 4.98 Å². The Balaban J connectivity index is 1.61. The molecule has 0 N–H and O–H groups in total. The maximum Gasteiger partial charge on any atom is 0.280 e. The van der Waals surface area contributed by atoms with Crippen molar-refractivity contribution in [1.29, 1.82) is 0 Å². The van der Waals surface area contributed by atoms with Gasteiger partial charge < -0.3 is 0 Å². The van der Waals surface area contributed by atoms with Crippen LogP contribution in [0.5, 0.6) is 0 Å². The van der Waals surface area contributed by atoms with Gasteiger partial charge in [0.1, 0.15) is 5.01 Å².